The lowest BCUT2D eigenvalue weighted by Crippen LogP contribution is -2.44. The minimum absolute atomic E-state index is 0.0282. The number of sulfone groups is 1. The van der Waals surface area contributed by atoms with Crippen LogP contribution in [-0.4, -0.2) is 45.5 Å². The molecule has 1 saturated carbocycles. The van der Waals surface area contributed by atoms with Crippen molar-refractivity contribution in [2.75, 3.05) is 11.9 Å². The van der Waals surface area contributed by atoms with E-state index in [2.05, 4.69) is 42.4 Å². The van der Waals surface area contributed by atoms with Crippen molar-refractivity contribution in [3.63, 3.8) is 0 Å². The Labute approximate surface area is 211 Å². The standard InChI is InChI=1S/C26H34N4O5S/c1-16(15-31)19-12-23(35-29-19)28-24(32)26(5,6)36(33,34)18-9-10-21-20(11-18)27-22(13-25(2,3)4)30(21)14-17-7-8-17/h9-12,17,31H,1,7-8,13-15H2,2-6H3,(H,28,32). The summed E-state index contributed by atoms with van der Waals surface area (Å²) >= 11 is 0. The Balaban J connectivity index is 1.64. The van der Waals surface area contributed by atoms with Gasteiger partial charge in [0, 0.05) is 19.0 Å². The number of aromatic nitrogens is 3. The van der Waals surface area contributed by atoms with Crippen LogP contribution in [0.4, 0.5) is 5.88 Å². The fraction of sp³-hybridized carbons (Fsp3) is 0.500. The van der Waals surface area contributed by atoms with E-state index in [1.54, 1.807) is 18.2 Å². The molecule has 2 N–H and O–H groups in total. The lowest BCUT2D eigenvalue weighted by Gasteiger charge is -2.23. The molecule has 0 atom stereocenters. The van der Waals surface area contributed by atoms with Gasteiger partial charge >= 0.3 is 0 Å². The van der Waals surface area contributed by atoms with Crippen LogP contribution in [0.3, 0.4) is 0 Å². The van der Waals surface area contributed by atoms with Crippen molar-refractivity contribution in [3.8, 4) is 0 Å². The maximum absolute atomic E-state index is 13.6. The molecule has 0 radical (unpaired) electrons. The van der Waals surface area contributed by atoms with Gasteiger partial charge in [-0.15, -0.1) is 0 Å². The Bertz CT molecular complexity index is 1420. The number of amides is 1. The topological polar surface area (TPSA) is 127 Å². The van der Waals surface area contributed by atoms with Crippen molar-refractivity contribution in [3.05, 3.63) is 42.4 Å². The molecule has 10 heteroatoms. The predicted octanol–water partition coefficient (Wildman–Crippen LogP) is 4.22. The number of benzene rings is 1. The number of anilines is 1. The quantitative estimate of drug-likeness (QED) is 0.438. The van der Waals surface area contributed by atoms with E-state index in [4.69, 9.17) is 9.51 Å². The Morgan fingerprint density at radius 2 is 1.92 bits per heavy atom. The first-order valence-corrected chi connectivity index (χ1v) is 13.5. The van der Waals surface area contributed by atoms with Crippen molar-refractivity contribution in [1.82, 2.24) is 14.7 Å². The SMILES string of the molecule is C=C(CO)c1cc(NC(=O)C(C)(C)S(=O)(=O)c2ccc3c(c2)nc(CC(C)(C)C)n3CC2CC2)on1. The summed E-state index contributed by atoms with van der Waals surface area (Å²) in [7, 11) is -4.09. The Morgan fingerprint density at radius 1 is 1.22 bits per heavy atom. The molecular formula is C26H34N4O5S. The molecule has 0 saturated heterocycles. The monoisotopic (exact) mass is 514 g/mol. The molecule has 2 aromatic heterocycles. The van der Waals surface area contributed by atoms with E-state index in [1.807, 2.05) is 0 Å². The van der Waals surface area contributed by atoms with Gasteiger partial charge in [-0.3, -0.25) is 10.1 Å². The minimum Gasteiger partial charge on any atom is -0.392 e. The number of hydrogen-bond donors (Lipinski definition) is 2. The van der Waals surface area contributed by atoms with E-state index in [1.165, 1.54) is 32.8 Å². The number of nitrogens with zero attached hydrogens (tertiary/aromatic N) is 3. The Kier molecular flexibility index (Phi) is 6.63. The number of imidazole rings is 1. The molecule has 2 heterocycles. The van der Waals surface area contributed by atoms with E-state index in [0.29, 0.717) is 17.0 Å². The first-order chi connectivity index (χ1) is 16.7. The zero-order chi connectivity index (χ0) is 26.5. The second-order valence-corrected chi connectivity index (χ2v) is 13.8. The summed E-state index contributed by atoms with van der Waals surface area (Å²) < 4.78 is 32.7. The van der Waals surface area contributed by atoms with Gasteiger partial charge in [-0.25, -0.2) is 13.4 Å². The van der Waals surface area contributed by atoms with Crippen LogP contribution in [0, 0.1) is 11.3 Å². The van der Waals surface area contributed by atoms with E-state index >= 15 is 0 Å². The van der Waals surface area contributed by atoms with E-state index < -0.39 is 20.5 Å². The van der Waals surface area contributed by atoms with Crippen LogP contribution in [0.25, 0.3) is 16.6 Å². The molecule has 1 aliphatic rings. The highest BCUT2D eigenvalue weighted by Crippen LogP contribution is 2.35. The van der Waals surface area contributed by atoms with Crippen LogP contribution in [-0.2, 0) is 27.6 Å². The second-order valence-electron chi connectivity index (χ2n) is 11.3. The number of carbonyl (C=O) groups excluding carboxylic acids is 1. The summed E-state index contributed by atoms with van der Waals surface area (Å²) in [5.74, 6) is 0.779. The van der Waals surface area contributed by atoms with Crippen molar-refractivity contribution in [1.29, 1.82) is 0 Å². The predicted molar refractivity (Wildman–Crippen MR) is 138 cm³/mol. The number of aliphatic hydroxyl groups is 1. The molecule has 0 bridgehead atoms. The zero-order valence-electron chi connectivity index (χ0n) is 21.5. The van der Waals surface area contributed by atoms with Gasteiger partial charge in [-0.1, -0.05) is 32.5 Å². The lowest BCUT2D eigenvalue weighted by molar-refractivity contribution is -0.118. The van der Waals surface area contributed by atoms with Crippen LogP contribution in [0.1, 0.15) is 59.0 Å². The van der Waals surface area contributed by atoms with Gasteiger partial charge in [-0.2, -0.15) is 0 Å². The molecule has 9 nitrogen and oxygen atoms in total. The first-order valence-electron chi connectivity index (χ1n) is 12.0. The number of aliphatic hydroxyl groups excluding tert-OH is 1. The van der Waals surface area contributed by atoms with Crippen LogP contribution in [0.15, 0.2) is 40.3 Å². The van der Waals surface area contributed by atoms with Crippen LogP contribution in [0.5, 0.6) is 0 Å². The van der Waals surface area contributed by atoms with Gasteiger partial charge in [0.25, 0.3) is 0 Å². The van der Waals surface area contributed by atoms with Crippen LogP contribution >= 0.6 is 0 Å². The Morgan fingerprint density at radius 3 is 2.53 bits per heavy atom. The molecule has 4 rings (SSSR count). The van der Waals surface area contributed by atoms with Gasteiger partial charge in [0.2, 0.25) is 11.8 Å². The first kappa shape index (κ1) is 26.1. The molecule has 1 aromatic carbocycles. The fourth-order valence-electron chi connectivity index (χ4n) is 3.96. The number of fused-ring (bicyclic) bond motifs is 1. The molecule has 0 unspecified atom stereocenters. The van der Waals surface area contributed by atoms with Gasteiger partial charge in [0.05, 0.1) is 22.5 Å². The molecule has 1 amide bonds. The third kappa shape index (κ3) is 5.10. The highest BCUT2D eigenvalue weighted by atomic mass is 32.2. The molecule has 3 aromatic rings. The summed E-state index contributed by atoms with van der Waals surface area (Å²) in [6.07, 6.45) is 3.17. The van der Waals surface area contributed by atoms with Gasteiger partial charge in [-0.05, 0) is 61.8 Å². The molecular weight excluding hydrogens is 480 g/mol. The molecule has 194 valence electrons. The molecule has 1 aliphatic carbocycles. The third-order valence-corrected chi connectivity index (χ3v) is 8.86. The van der Waals surface area contributed by atoms with Crippen molar-refractivity contribution >= 4 is 38.2 Å². The Hall–Kier alpha value is -2.98. The average Bonchev–Trinajstić information content (AvgIpc) is 3.40. The second kappa shape index (κ2) is 9.15. The highest BCUT2D eigenvalue weighted by Gasteiger charge is 2.43. The molecule has 0 aliphatic heterocycles. The number of rotatable bonds is 9. The van der Waals surface area contributed by atoms with E-state index in [0.717, 1.165) is 24.3 Å². The van der Waals surface area contributed by atoms with Gasteiger partial charge < -0.3 is 14.2 Å². The summed E-state index contributed by atoms with van der Waals surface area (Å²) in [5, 5.41) is 15.4. The highest BCUT2D eigenvalue weighted by molar-refractivity contribution is 7.93. The smallest absolute Gasteiger partial charge is 0.248 e. The maximum atomic E-state index is 13.6. The summed E-state index contributed by atoms with van der Waals surface area (Å²) in [6.45, 7) is 13.4. The van der Waals surface area contributed by atoms with Gasteiger partial charge in [0.15, 0.2) is 9.84 Å². The van der Waals surface area contributed by atoms with Gasteiger partial charge in [0.1, 0.15) is 16.3 Å². The largest absolute Gasteiger partial charge is 0.392 e. The van der Waals surface area contributed by atoms with E-state index in [-0.39, 0.29) is 28.5 Å². The number of nitrogens with one attached hydrogen (secondary N) is 1. The summed E-state index contributed by atoms with van der Waals surface area (Å²) in [6, 6.07) is 6.29. The number of hydrogen-bond acceptors (Lipinski definition) is 7. The molecule has 0 spiro atoms. The molecule has 36 heavy (non-hydrogen) atoms. The van der Waals surface area contributed by atoms with E-state index in [9.17, 15) is 18.3 Å². The summed E-state index contributed by atoms with van der Waals surface area (Å²) in [5.41, 5.74) is 2.12. The van der Waals surface area contributed by atoms with Crippen LogP contribution in [0.2, 0.25) is 0 Å². The number of carbonyl (C=O) groups is 1. The maximum Gasteiger partial charge on any atom is 0.248 e. The lowest BCUT2D eigenvalue weighted by atomic mass is 9.92. The summed E-state index contributed by atoms with van der Waals surface area (Å²) in [4.78, 5) is 17.9. The average molecular weight is 515 g/mol. The van der Waals surface area contributed by atoms with Crippen molar-refractivity contribution in [2.24, 2.45) is 11.3 Å². The normalized spacial score (nSPS) is 14.8. The molecule has 1 fully saturated rings. The third-order valence-electron chi connectivity index (χ3n) is 6.45. The van der Waals surface area contributed by atoms with Crippen molar-refractivity contribution < 1.29 is 22.8 Å². The van der Waals surface area contributed by atoms with Crippen LogP contribution < -0.4 is 5.32 Å². The zero-order valence-corrected chi connectivity index (χ0v) is 22.3. The fourth-order valence-corrected chi connectivity index (χ4v) is 5.36. The van der Waals surface area contributed by atoms with Crippen molar-refractivity contribution in [2.45, 2.75) is 70.1 Å². The minimum atomic E-state index is -4.09.